The fourth-order valence-corrected chi connectivity index (χ4v) is 1.52. The molecule has 9 nitrogen and oxygen atoms in total. The first-order valence-electron chi connectivity index (χ1n) is 7.14. The molecular weight excluding hydrogens is 316 g/mol. The number of nitrogens with two attached hydrogens (primary N) is 1. The van der Waals surface area contributed by atoms with Crippen LogP contribution < -0.4 is 21.2 Å². The third-order valence-electron chi connectivity index (χ3n) is 2.66. The number of carbonyl (C=O) groups excluding carboxylic acids is 3. The SMILES string of the molecule is COCCCNC(=O)C(=O)N/N=C/c1ccc(OCC(N)=O)cc1. The van der Waals surface area contributed by atoms with Crippen molar-refractivity contribution in [3.63, 3.8) is 0 Å². The van der Waals surface area contributed by atoms with Gasteiger partial charge in [0.15, 0.2) is 6.61 Å². The number of nitrogens with one attached hydrogen (secondary N) is 2. The molecule has 3 amide bonds. The molecule has 0 saturated heterocycles. The summed E-state index contributed by atoms with van der Waals surface area (Å²) in [6.07, 6.45) is 1.98. The van der Waals surface area contributed by atoms with Gasteiger partial charge in [0.1, 0.15) is 5.75 Å². The molecule has 0 radical (unpaired) electrons. The quantitative estimate of drug-likeness (QED) is 0.234. The van der Waals surface area contributed by atoms with E-state index in [4.69, 9.17) is 15.2 Å². The second-order valence-corrected chi connectivity index (χ2v) is 4.63. The number of ether oxygens (including phenoxy) is 2. The maximum absolute atomic E-state index is 11.5. The van der Waals surface area contributed by atoms with Crippen LogP contribution in [0.5, 0.6) is 5.75 Å². The molecule has 0 spiro atoms. The van der Waals surface area contributed by atoms with Gasteiger partial charge in [-0.3, -0.25) is 14.4 Å². The monoisotopic (exact) mass is 336 g/mol. The van der Waals surface area contributed by atoms with E-state index in [1.54, 1.807) is 31.4 Å². The van der Waals surface area contributed by atoms with Gasteiger partial charge in [-0.05, 0) is 36.2 Å². The lowest BCUT2D eigenvalue weighted by Crippen LogP contribution is -2.38. The van der Waals surface area contributed by atoms with Gasteiger partial charge in [0, 0.05) is 20.3 Å². The topological polar surface area (TPSA) is 132 Å². The van der Waals surface area contributed by atoms with Gasteiger partial charge in [-0.25, -0.2) is 5.43 Å². The molecule has 4 N–H and O–H groups in total. The predicted molar refractivity (Wildman–Crippen MR) is 86.4 cm³/mol. The third kappa shape index (κ3) is 7.90. The molecule has 0 unspecified atom stereocenters. The Morgan fingerprint density at radius 2 is 1.92 bits per heavy atom. The van der Waals surface area contributed by atoms with E-state index in [2.05, 4.69) is 15.8 Å². The molecule has 0 aromatic heterocycles. The highest BCUT2D eigenvalue weighted by atomic mass is 16.5. The average Bonchev–Trinajstić information content (AvgIpc) is 2.57. The predicted octanol–water partition coefficient (Wildman–Crippen LogP) is -0.846. The fraction of sp³-hybridized carbons (Fsp3) is 0.333. The van der Waals surface area contributed by atoms with Crippen molar-refractivity contribution in [3.8, 4) is 5.75 Å². The molecule has 0 atom stereocenters. The summed E-state index contributed by atoms with van der Waals surface area (Å²) in [5, 5.41) is 6.12. The fourth-order valence-electron chi connectivity index (χ4n) is 1.52. The summed E-state index contributed by atoms with van der Waals surface area (Å²) in [5.41, 5.74) is 7.76. The number of hydrogen-bond donors (Lipinski definition) is 3. The molecule has 1 aromatic rings. The maximum atomic E-state index is 11.5. The van der Waals surface area contributed by atoms with Crippen molar-refractivity contribution in [1.82, 2.24) is 10.7 Å². The highest BCUT2D eigenvalue weighted by Gasteiger charge is 2.11. The number of methoxy groups -OCH3 is 1. The molecule has 130 valence electrons. The Labute approximate surface area is 139 Å². The summed E-state index contributed by atoms with van der Waals surface area (Å²) < 4.78 is 9.93. The van der Waals surface area contributed by atoms with Crippen LogP contribution in [0.3, 0.4) is 0 Å². The summed E-state index contributed by atoms with van der Waals surface area (Å²) in [5.74, 6) is -1.71. The summed E-state index contributed by atoms with van der Waals surface area (Å²) in [7, 11) is 1.56. The molecule has 0 aliphatic carbocycles. The average molecular weight is 336 g/mol. The summed E-state index contributed by atoms with van der Waals surface area (Å²) >= 11 is 0. The molecule has 1 rings (SSSR count). The lowest BCUT2D eigenvalue weighted by molar-refractivity contribution is -0.139. The van der Waals surface area contributed by atoms with Gasteiger partial charge in [-0.2, -0.15) is 5.10 Å². The van der Waals surface area contributed by atoms with Gasteiger partial charge in [0.05, 0.1) is 6.21 Å². The largest absolute Gasteiger partial charge is 0.484 e. The van der Waals surface area contributed by atoms with Gasteiger partial charge < -0.3 is 20.5 Å². The number of hydrogen-bond acceptors (Lipinski definition) is 6. The van der Waals surface area contributed by atoms with Crippen molar-refractivity contribution in [1.29, 1.82) is 0 Å². The van der Waals surface area contributed by atoms with Crippen LogP contribution in [0, 0.1) is 0 Å². The zero-order chi connectivity index (χ0) is 17.8. The Balaban J connectivity index is 2.36. The summed E-state index contributed by atoms with van der Waals surface area (Å²) in [6.45, 7) is 0.638. The first-order valence-corrected chi connectivity index (χ1v) is 7.14. The zero-order valence-electron chi connectivity index (χ0n) is 13.3. The minimum Gasteiger partial charge on any atom is -0.484 e. The molecule has 0 heterocycles. The van der Waals surface area contributed by atoms with Gasteiger partial charge in [0.25, 0.3) is 5.91 Å². The highest BCUT2D eigenvalue weighted by molar-refractivity contribution is 6.35. The maximum Gasteiger partial charge on any atom is 0.329 e. The number of nitrogens with zero attached hydrogens (tertiary/aromatic N) is 1. The van der Waals surface area contributed by atoms with Crippen LogP contribution in [0.15, 0.2) is 29.4 Å². The van der Waals surface area contributed by atoms with E-state index < -0.39 is 17.7 Å². The van der Waals surface area contributed by atoms with Gasteiger partial charge in [-0.15, -0.1) is 0 Å². The first-order chi connectivity index (χ1) is 11.5. The number of carbonyl (C=O) groups is 3. The van der Waals surface area contributed by atoms with Gasteiger partial charge >= 0.3 is 11.8 Å². The molecule has 0 aliphatic heterocycles. The molecule has 24 heavy (non-hydrogen) atoms. The van der Waals surface area contributed by atoms with E-state index in [9.17, 15) is 14.4 Å². The standard InChI is InChI=1S/C15H20N4O5/c1-23-8-2-7-17-14(21)15(22)19-18-9-11-3-5-12(6-4-11)24-10-13(16)20/h3-6,9H,2,7-8,10H2,1H3,(H2,16,20)(H,17,21)(H,19,22)/b18-9+. The zero-order valence-corrected chi connectivity index (χ0v) is 13.3. The Kier molecular flexibility index (Phi) is 8.54. The van der Waals surface area contributed by atoms with E-state index in [1.807, 2.05) is 0 Å². The van der Waals surface area contributed by atoms with Crippen LogP contribution >= 0.6 is 0 Å². The van der Waals surface area contributed by atoms with Crippen LogP contribution in [-0.4, -0.2) is 50.8 Å². The van der Waals surface area contributed by atoms with E-state index >= 15 is 0 Å². The lowest BCUT2D eigenvalue weighted by atomic mass is 10.2. The van der Waals surface area contributed by atoms with E-state index in [1.165, 1.54) is 6.21 Å². The van der Waals surface area contributed by atoms with Gasteiger partial charge in [-0.1, -0.05) is 0 Å². The van der Waals surface area contributed by atoms with Crippen molar-refractivity contribution in [2.24, 2.45) is 10.8 Å². The Morgan fingerprint density at radius 1 is 1.21 bits per heavy atom. The second-order valence-electron chi connectivity index (χ2n) is 4.63. The first kappa shape index (κ1) is 19.1. The number of benzene rings is 1. The molecule has 0 saturated carbocycles. The van der Waals surface area contributed by atoms with E-state index in [0.717, 1.165) is 0 Å². The summed E-state index contributed by atoms with van der Waals surface area (Å²) in [6, 6.07) is 6.57. The van der Waals surface area contributed by atoms with Gasteiger partial charge in [0.2, 0.25) is 0 Å². The molecule has 0 aliphatic rings. The Bertz CT molecular complexity index is 586. The second kappa shape index (κ2) is 10.7. The number of hydrazone groups is 1. The lowest BCUT2D eigenvalue weighted by Gasteiger charge is -2.04. The number of amides is 3. The van der Waals surface area contributed by atoms with E-state index in [-0.39, 0.29) is 6.61 Å². The normalized spacial score (nSPS) is 10.4. The smallest absolute Gasteiger partial charge is 0.329 e. The highest BCUT2D eigenvalue weighted by Crippen LogP contribution is 2.10. The minimum absolute atomic E-state index is 0.205. The number of rotatable bonds is 9. The molecule has 0 fully saturated rings. The van der Waals surface area contributed by atoms with Crippen LogP contribution in [-0.2, 0) is 19.1 Å². The summed E-state index contributed by atoms with van der Waals surface area (Å²) in [4.78, 5) is 33.5. The molecule has 0 bridgehead atoms. The van der Waals surface area contributed by atoms with Crippen LogP contribution in [0.1, 0.15) is 12.0 Å². The van der Waals surface area contributed by atoms with Crippen molar-refractivity contribution in [3.05, 3.63) is 29.8 Å². The van der Waals surface area contributed by atoms with Crippen LogP contribution in [0.4, 0.5) is 0 Å². The van der Waals surface area contributed by atoms with Crippen molar-refractivity contribution < 1.29 is 23.9 Å². The molecule has 9 heteroatoms. The molecular formula is C15H20N4O5. The Morgan fingerprint density at radius 3 is 2.54 bits per heavy atom. The van der Waals surface area contributed by atoms with Crippen molar-refractivity contribution >= 4 is 23.9 Å². The van der Waals surface area contributed by atoms with Crippen LogP contribution in [0.25, 0.3) is 0 Å². The molecule has 1 aromatic carbocycles. The van der Waals surface area contributed by atoms with Crippen molar-refractivity contribution in [2.45, 2.75) is 6.42 Å². The number of primary amides is 1. The Hall–Kier alpha value is -2.94. The van der Waals surface area contributed by atoms with Crippen LogP contribution in [0.2, 0.25) is 0 Å². The minimum atomic E-state index is -0.856. The van der Waals surface area contributed by atoms with E-state index in [0.29, 0.717) is 30.9 Å². The third-order valence-corrected chi connectivity index (χ3v) is 2.66. The van der Waals surface area contributed by atoms with Crippen molar-refractivity contribution in [2.75, 3.05) is 26.9 Å².